The van der Waals surface area contributed by atoms with Gasteiger partial charge in [-0.2, -0.15) is 0 Å². The highest BCUT2D eigenvalue weighted by Crippen LogP contribution is 2.61. The number of nitrogens with zero attached hydrogens (tertiary/aromatic N) is 1. The molecule has 0 aliphatic heterocycles. The minimum Gasteiger partial charge on any atom is -0.507 e. The number of aryl methyl sites for hydroxylation is 1. The number of benzene rings is 1. The summed E-state index contributed by atoms with van der Waals surface area (Å²) in [6, 6.07) is 3.86. The smallest absolute Gasteiger partial charge is 0.124 e. The van der Waals surface area contributed by atoms with E-state index in [9.17, 15) is 10.2 Å². The van der Waals surface area contributed by atoms with Crippen molar-refractivity contribution in [2.24, 2.45) is 22.4 Å². The monoisotopic (exact) mass is 315 g/mol. The van der Waals surface area contributed by atoms with Crippen LogP contribution in [0.25, 0.3) is 0 Å². The van der Waals surface area contributed by atoms with E-state index in [-0.39, 0.29) is 17.3 Å². The van der Waals surface area contributed by atoms with Crippen LogP contribution in [0, 0.1) is 17.3 Å². The quantitative estimate of drug-likeness (QED) is 0.422. The van der Waals surface area contributed by atoms with Gasteiger partial charge in [-0.15, -0.1) is 0 Å². The molecule has 0 heterocycles. The van der Waals surface area contributed by atoms with Gasteiger partial charge < -0.3 is 15.4 Å². The zero-order valence-electron chi connectivity index (χ0n) is 13.6. The van der Waals surface area contributed by atoms with E-state index in [0.717, 1.165) is 38.5 Å². The predicted octanol–water partition coefficient (Wildman–Crippen LogP) is 3.42. The first-order valence-corrected chi connectivity index (χ1v) is 8.76. The first-order chi connectivity index (χ1) is 11.0. The number of fused-ring (bicyclic) bond motifs is 5. The minimum absolute atomic E-state index is 0.0883. The van der Waals surface area contributed by atoms with Gasteiger partial charge in [0.25, 0.3) is 0 Å². The molecule has 2 fully saturated rings. The molecule has 124 valence electrons. The van der Waals surface area contributed by atoms with Gasteiger partial charge in [-0.1, -0.05) is 12.1 Å². The third-order valence-electron chi connectivity index (χ3n) is 7.02. The van der Waals surface area contributed by atoms with Gasteiger partial charge in [-0.3, -0.25) is 0 Å². The largest absolute Gasteiger partial charge is 0.507 e. The summed E-state index contributed by atoms with van der Waals surface area (Å²) in [5, 5.41) is 32.4. The lowest BCUT2D eigenvalue weighted by atomic mass is 9.55. The molecule has 0 bridgehead atoms. The fourth-order valence-corrected chi connectivity index (χ4v) is 5.76. The van der Waals surface area contributed by atoms with E-state index in [1.54, 1.807) is 0 Å². The average Bonchev–Trinajstić information content (AvgIpc) is 2.84. The summed E-state index contributed by atoms with van der Waals surface area (Å²) in [4.78, 5) is 0. The molecule has 5 atom stereocenters. The maximum atomic E-state index is 10.4. The second-order valence-electron chi connectivity index (χ2n) is 7.91. The molecule has 3 aliphatic rings. The fraction of sp³-hybridized carbons (Fsp3) is 0.632. The Morgan fingerprint density at radius 1 is 1.22 bits per heavy atom. The van der Waals surface area contributed by atoms with Crippen LogP contribution in [0.1, 0.15) is 61.6 Å². The molecule has 0 amide bonds. The third kappa shape index (κ3) is 2.11. The highest BCUT2D eigenvalue weighted by Gasteiger charge is 2.54. The summed E-state index contributed by atoms with van der Waals surface area (Å²) in [6.07, 6.45) is 7.55. The second-order valence-corrected chi connectivity index (χ2v) is 7.91. The van der Waals surface area contributed by atoms with Crippen LogP contribution in [-0.2, 0) is 6.42 Å². The number of hydrogen-bond donors (Lipinski definition) is 3. The number of aromatic hydroxyl groups is 1. The minimum atomic E-state index is -0.147. The van der Waals surface area contributed by atoms with Gasteiger partial charge in [0.15, 0.2) is 0 Å². The van der Waals surface area contributed by atoms with Crippen LogP contribution in [0.15, 0.2) is 17.3 Å². The van der Waals surface area contributed by atoms with Crippen LogP contribution in [0.5, 0.6) is 5.75 Å². The van der Waals surface area contributed by atoms with Gasteiger partial charge >= 0.3 is 0 Å². The molecule has 0 spiro atoms. The van der Waals surface area contributed by atoms with Crippen LogP contribution in [0.4, 0.5) is 0 Å². The molecule has 1 aromatic rings. The molecular weight excluding hydrogens is 290 g/mol. The lowest BCUT2D eigenvalue weighted by Gasteiger charge is -2.50. The van der Waals surface area contributed by atoms with Crippen molar-refractivity contribution in [3.05, 3.63) is 28.8 Å². The van der Waals surface area contributed by atoms with Crippen LogP contribution >= 0.6 is 0 Å². The lowest BCUT2D eigenvalue weighted by Crippen LogP contribution is -2.43. The Kier molecular flexibility index (Phi) is 3.41. The van der Waals surface area contributed by atoms with E-state index in [2.05, 4.69) is 12.1 Å². The van der Waals surface area contributed by atoms with E-state index in [1.165, 1.54) is 17.3 Å². The summed E-state index contributed by atoms with van der Waals surface area (Å²) in [6.45, 7) is 2.28. The Balaban J connectivity index is 1.73. The summed E-state index contributed by atoms with van der Waals surface area (Å²) >= 11 is 0. The zero-order valence-corrected chi connectivity index (χ0v) is 13.6. The SMILES string of the molecule is C[C@]12CCC3c4cc(/C=N/O)c(O)cc4CCC3C1CC[C@@H]2O. The summed E-state index contributed by atoms with van der Waals surface area (Å²) in [5.74, 6) is 1.93. The second kappa shape index (κ2) is 5.23. The van der Waals surface area contributed by atoms with Crippen molar-refractivity contribution in [2.45, 2.75) is 57.5 Å². The van der Waals surface area contributed by atoms with Gasteiger partial charge in [0.2, 0.25) is 0 Å². The molecule has 3 N–H and O–H groups in total. The molecular formula is C19H25NO3. The summed E-state index contributed by atoms with van der Waals surface area (Å²) < 4.78 is 0. The zero-order chi connectivity index (χ0) is 16.2. The van der Waals surface area contributed by atoms with Gasteiger partial charge in [0.1, 0.15) is 5.75 Å². The Morgan fingerprint density at radius 2 is 2.04 bits per heavy atom. The Bertz CT molecular complexity index is 656. The number of aliphatic hydroxyl groups is 1. The van der Waals surface area contributed by atoms with E-state index in [0.29, 0.717) is 23.3 Å². The number of hydrogen-bond acceptors (Lipinski definition) is 4. The molecule has 4 nitrogen and oxygen atoms in total. The van der Waals surface area contributed by atoms with Crippen molar-refractivity contribution in [1.29, 1.82) is 0 Å². The Morgan fingerprint density at radius 3 is 2.83 bits per heavy atom. The molecule has 1 aromatic carbocycles. The number of oxime groups is 1. The van der Waals surface area contributed by atoms with Crippen molar-refractivity contribution in [3.8, 4) is 5.75 Å². The van der Waals surface area contributed by atoms with Gasteiger partial charge in [-0.05, 0) is 85.0 Å². The van der Waals surface area contributed by atoms with Crippen molar-refractivity contribution in [1.82, 2.24) is 0 Å². The van der Waals surface area contributed by atoms with Gasteiger partial charge in [-0.25, -0.2) is 0 Å². The average molecular weight is 315 g/mol. The topological polar surface area (TPSA) is 73.1 Å². The number of phenolic OH excluding ortho intramolecular Hbond substituents is 1. The fourth-order valence-electron chi connectivity index (χ4n) is 5.76. The Labute approximate surface area is 136 Å². The van der Waals surface area contributed by atoms with Crippen molar-refractivity contribution < 1.29 is 15.4 Å². The van der Waals surface area contributed by atoms with E-state index in [1.807, 2.05) is 12.1 Å². The number of phenols is 1. The molecule has 2 saturated carbocycles. The molecule has 23 heavy (non-hydrogen) atoms. The van der Waals surface area contributed by atoms with Crippen LogP contribution < -0.4 is 0 Å². The Hall–Kier alpha value is -1.55. The standard InChI is InChI=1S/C19H25NO3/c1-19-7-6-13-14(16(19)4-5-18(19)22)3-2-11-9-17(21)12(10-20-23)8-15(11)13/h8-10,13-14,16,18,21-23H,2-7H2,1H3/b20-10+/t13?,14?,16?,18-,19-/m0/s1. The maximum absolute atomic E-state index is 10.4. The van der Waals surface area contributed by atoms with Crippen molar-refractivity contribution >= 4 is 6.21 Å². The summed E-state index contributed by atoms with van der Waals surface area (Å²) in [7, 11) is 0. The molecule has 3 aliphatic carbocycles. The first-order valence-electron chi connectivity index (χ1n) is 8.76. The highest BCUT2D eigenvalue weighted by molar-refractivity contribution is 5.83. The van der Waals surface area contributed by atoms with Crippen LogP contribution in [-0.4, -0.2) is 27.7 Å². The van der Waals surface area contributed by atoms with Crippen molar-refractivity contribution in [3.63, 3.8) is 0 Å². The van der Waals surface area contributed by atoms with E-state index >= 15 is 0 Å². The summed E-state index contributed by atoms with van der Waals surface area (Å²) in [5.41, 5.74) is 3.23. The van der Waals surface area contributed by atoms with E-state index in [4.69, 9.17) is 5.21 Å². The third-order valence-corrected chi connectivity index (χ3v) is 7.02. The predicted molar refractivity (Wildman–Crippen MR) is 88.1 cm³/mol. The molecule has 0 aromatic heterocycles. The number of aliphatic hydroxyl groups excluding tert-OH is 1. The lowest BCUT2D eigenvalue weighted by molar-refractivity contribution is -0.0226. The van der Waals surface area contributed by atoms with Crippen molar-refractivity contribution in [2.75, 3.05) is 0 Å². The highest BCUT2D eigenvalue weighted by atomic mass is 16.4. The van der Waals surface area contributed by atoms with E-state index < -0.39 is 0 Å². The normalized spacial score (nSPS) is 39.0. The molecule has 3 unspecified atom stereocenters. The number of rotatable bonds is 1. The molecule has 0 saturated heterocycles. The van der Waals surface area contributed by atoms with Crippen LogP contribution in [0.3, 0.4) is 0 Å². The maximum Gasteiger partial charge on any atom is 0.124 e. The molecule has 4 heteroatoms. The molecule has 0 radical (unpaired) electrons. The van der Waals surface area contributed by atoms with Crippen LogP contribution in [0.2, 0.25) is 0 Å². The van der Waals surface area contributed by atoms with Gasteiger partial charge in [0, 0.05) is 5.56 Å². The van der Waals surface area contributed by atoms with Gasteiger partial charge in [0.05, 0.1) is 12.3 Å². The first kappa shape index (κ1) is 15.0. The molecule has 4 rings (SSSR count).